The fraction of sp³-hybridized carbons (Fsp3) is 0.0476. The van der Waals surface area contributed by atoms with Gasteiger partial charge in [-0.15, -0.1) is 0 Å². The van der Waals surface area contributed by atoms with Crippen molar-refractivity contribution in [1.82, 2.24) is 9.55 Å². The Balaban J connectivity index is 1.83. The summed E-state index contributed by atoms with van der Waals surface area (Å²) in [5.41, 5.74) is 0.404. The number of nitro groups is 1. The second-order valence-corrected chi connectivity index (χ2v) is 7.31. The minimum atomic E-state index is -0.897. The number of hydrogen-bond donors (Lipinski definition) is 0. The first-order chi connectivity index (χ1) is 14.4. The molecule has 9 heteroatoms. The van der Waals surface area contributed by atoms with Crippen molar-refractivity contribution in [2.24, 2.45) is 0 Å². The molecule has 1 aromatic heterocycles. The van der Waals surface area contributed by atoms with Crippen molar-refractivity contribution in [2.45, 2.75) is 10.9 Å². The molecule has 30 heavy (non-hydrogen) atoms. The molecule has 3 aromatic carbocycles. The van der Waals surface area contributed by atoms with Gasteiger partial charge in [0.15, 0.2) is 5.16 Å². The van der Waals surface area contributed by atoms with Gasteiger partial charge in [-0.05, 0) is 29.8 Å². The maximum absolute atomic E-state index is 14.5. The van der Waals surface area contributed by atoms with Crippen molar-refractivity contribution in [3.05, 3.63) is 104 Å². The second kappa shape index (κ2) is 8.03. The van der Waals surface area contributed by atoms with E-state index in [-0.39, 0.29) is 22.3 Å². The van der Waals surface area contributed by atoms with Gasteiger partial charge in [0.2, 0.25) is 0 Å². The molecule has 0 N–H and O–H groups in total. The molecule has 150 valence electrons. The monoisotopic (exact) mass is 425 g/mol. The molecule has 0 aliphatic rings. The molecule has 0 saturated carbocycles. The second-order valence-electron chi connectivity index (χ2n) is 6.36. The van der Waals surface area contributed by atoms with E-state index >= 15 is 0 Å². The van der Waals surface area contributed by atoms with E-state index in [1.807, 2.05) is 0 Å². The lowest BCUT2D eigenvalue weighted by atomic mass is 10.2. The van der Waals surface area contributed by atoms with Gasteiger partial charge in [-0.3, -0.25) is 19.5 Å². The first-order valence-corrected chi connectivity index (χ1v) is 9.76. The van der Waals surface area contributed by atoms with Gasteiger partial charge in [0.05, 0.1) is 21.5 Å². The number of fused-ring (bicyclic) bond motifs is 1. The van der Waals surface area contributed by atoms with Crippen LogP contribution in [0.1, 0.15) is 5.56 Å². The predicted octanol–water partition coefficient (Wildman–Crippen LogP) is 4.86. The molecule has 0 fully saturated rings. The summed E-state index contributed by atoms with van der Waals surface area (Å²) in [5.74, 6) is -1.40. The van der Waals surface area contributed by atoms with Gasteiger partial charge >= 0.3 is 0 Å². The molecule has 0 amide bonds. The lowest BCUT2D eigenvalue weighted by molar-refractivity contribution is -0.384. The quantitative estimate of drug-likeness (QED) is 0.197. The summed E-state index contributed by atoms with van der Waals surface area (Å²) in [5, 5.41) is 11.5. The van der Waals surface area contributed by atoms with Gasteiger partial charge in [-0.2, -0.15) is 0 Å². The maximum Gasteiger partial charge on any atom is 0.269 e. The number of hydrogen-bond acceptors (Lipinski definition) is 5. The number of aromatic nitrogens is 2. The molecular weight excluding hydrogens is 412 g/mol. The Kier molecular flexibility index (Phi) is 5.28. The minimum Gasteiger partial charge on any atom is -0.268 e. The summed E-state index contributed by atoms with van der Waals surface area (Å²) in [6, 6.07) is 15.7. The Bertz CT molecular complexity index is 1340. The molecule has 4 rings (SSSR count). The number of nitrogens with zero attached hydrogens (tertiary/aromatic N) is 3. The van der Waals surface area contributed by atoms with Crippen LogP contribution in [0.5, 0.6) is 0 Å². The number of non-ortho nitro benzene ring substituents is 1. The molecule has 4 aromatic rings. The number of rotatable bonds is 5. The van der Waals surface area contributed by atoms with E-state index in [0.717, 1.165) is 22.4 Å². The highest BCUT2D eigenvalue weighted by Crippen LogP contribution is 2.27. The number of halogens is 2. The van der Waals surface area contributed by atoms with Crippen LogP contribution < -0.4 is 5.56 Å². The third kappa shape index (κ3) is 3.79. The first kappa shape index (κ1) is 19.7. The third-order valence-electron chi connectivity index (χ3n) is 4.38. The third-order valence-corrected chi connectivity index (χ3v) is 5.39. The highest BCUT2D eigenvalue weighted by atomic mass is 32.2. The summed E-state index contributed by atoms with van der Waals surface area (Å²) < 4.78 is 29.0. The molecule has 0 spiro atoms. The normalized spacial score (nSPS) is 11.0. The molecule has 0 radical (unpaired) electrons. The molecule has 0 unspecified atom stereocenters. The largest absolute Gasteiger partial charge is 0.269 e. The highest BCUT2D eigenvalue weighted by molar-refractivity contribution is 7.98. The molecule has 0 aliphatic heterocycles. The SMILES string of the molecule is O=c1c2ccccc2nc(SCc2cccc([N+](=O)[O-])c2)n1-c1ccc(F)cc1F. The van der Waals surface area contributed by atoms with Gasteiger partial charge < -0.3 is 0 Å². The van der Waals surface area contributed by atoms with E-state index < -0.39 is 22.1 Å². The zero-order valence-electron chi connectivity index (χ0n) is 15.3. The van der Waals surface area contributed by atoms with Crippen molar-refractivity contribution in [1.29, 1.82) is 0 Å². The lowest BCUT2D eigenvalue weighted by Crippen LogP contribution is -2.22. The van der Waals surface area contributed by atoms with Crippen molar-refractivity contribution >= 4 is 28.4 Å². The van der Waals surface area contributed by atoms with Crippen LogP contribution in [0.25, 0.3) is 16.6 Å². The molecule has 0 atom stereocenters. The van der Waals surface area contributed by atoms with E-state index in [1.54, 1.807) is 36.4 Å². The Labute approximate surface area is 173 Å². The molecule has 0 bridgehead atoms. The van der Waals surface area contributed by atoms with Crippen molar-refractivity contribution in [3.8, 4) is 5.69 Å². The number of para-hydroxylation sites is 1. The van der Waals surface area contributed by atoms with E-state index in [9.17, 15) is 23.7 Å². The van der Waals surface area contributed by atoms with Crippen LogP contribution in [0.15, 0.2) is 76.7 Å². The summed E-state index contributed by atoms with van der Waals surface area (Å²) in [6.45, 7) is 0. The Morgan fingerprint density at radius 2 is 1.83 bits per heavy atom. The van der Waals surface area contributed by atoms with Crippen LogP contribution in [-0.2, 0) is 5.75 Å². The van der Waals surface area contributed by atoms with Crippen LogP contribution >= 0.6 is 11.8 Å². The van der Waals surface area contributed by atoms with Gasteiger partial charge in [0, 0.05) is 24.0 Å². The molecule has 0 aliphatic carbocycles. The van der Waals surface area contributed by atoms with E-state index in [2.05, 4.69) is 4.98 Å². The summed E-state index contributed by atoms with van der Waals surface area (Å²) in [7, 11) is 0. The summed E-state index contributed by atoms with van der Waals surface area (Å²) in [6.07, 6.45) is 0. The molecule has 1 heterocycles. The van der Waals surface area contributed by atoms with E-state index in [4.69, 9.17) is 0 Å². The van der Waals surface area contributed by atoms with Gasteiger partial charge in [0.25, 0.3) is 11.2 Å². The van der Waals surface area contributed by atoms with Gasteiger partial charge in [-0.25, -0.2) is 13.8 Å². The average molecular weight is 425 g/mol. The van der Waals surface area contributed by atoms with Crippen LogP contribution in [0.4, 0.5) is 14.5 Å². The smallest absolute Gasteiger partial charge is 0.268 e. The highest BCUT2D eigenvalue weighted by Gasteiger charge is 2.17. The lowest BCUT2D eigenvalue weighted by Gasteiger charge is -2.14. The topological polar surface area (TPSA) is 78.0 Å². The predicted molar refractivity (Wildman–Crippen MR) is 110 cm³/mol. The van der Waals surface area contributed by atoms with Gasteiger partial charge in [0.1, 0.15) is 11.6 Å². The standard InChI is InChI=1S/C21H13F2N3O3S/c22-14-8-9-19(17(23)11-14)25-20(27)16-6-1-2-7-18(16)24-21(25)30-12-13-4-3-5-15(10-13)26(28)29/h1-11H,12H2. The molecule has 6 nitrogen and oxygen atoms in total. The van der Waals surface area contributed by atoms with Gasteiger partial charge in [-0.1, -0.05) is 36.0 Å². The summed E-state index contributed by atoms with van der Waals surface area (Å²) in [4.78, 5) is 28.1. The Hall–Kier alpha value is -3.59. The number of nitro benzene ring substituents is 1. The van der Waals surface area contributed by atoms with E-state index in [1.165, 1.54) is 18.2 Å². The first-order valence-electron chi connectivity index (χ1n) is 8.77. The van der Waals surface area contributed by atoms with Crippen molar-refractivity contribution in [3.63, 3.8) is 0 Å². The minimum absolute atomic E-state index is 0.0541. The Morgan fingerprint density at radius 3 is 2.60 bits per heavy atom. The van der Waals surface area contributed by atoms with Crippen LogP contribution in [0.2, 0.25) is 0 Å². The fourth-order valence-electron chi connectivity index (χ4n) is 2.99. The number of thioether (sulfide) groups is 1. The van der Waals surface area contributed by atoms with Crippen molar-refractivity contribution < 1.29 is 13.7 Å². The number of benzene rings is 3. The zero-order valence-corrected chi connectivity index (χ0v) is 16.1. The van der Waals surface area contributed by atoms with Crippen molar-refractivity contribution in [2.75, 3.05) is 0 Å². The molecular formula is C21H13F2N3O3S. The van der Waals surface area contributed by atoms with Crippen LogP contribution in [0.3, 0.4) is 0 Å². The average Bonchev–Trinajstić information content (AvgIpc) is 2.73. The van der Waals surface area contributed by atoms with Crippen LogP contribution in [0, 0.1) is 21.7 Å². The summed E-state index contributed by atoms with van der Waals surface area (Å²) >= 11 is 1.13. The maximum atomic E-state index is 14.5. The Morgan fingerprint density at radius 1 is 1.03 bits per heavy atom. The van der Waals surface area contributed by atoms with Crippen LogP contribution in [-0.4, -0.2) is 14.5 Å². The fourth-order valence-corrected chi connectivity index (χ4v) is 3.94. The zero-order chi connectivity index (χ0) is 21.3. The van der Waals surface area contributed by atoms with E-state index in [0.29, 0.717) is 22.5 Å². The molecule has 0 saturated heterocycles.